The molecule has 0 amide bonds. The molecular weight excluding hydrogens is 467 g/mol. The molecule has 0 unspecified atom stereocenters. The molecule has 156 valence electrons. The van der Waals surface area contributed by atoms with E-state index in [1.165, 1.54) is 5.56 Å². The van der Waals surface area contributed by atoms with Crippen LogP contribution in [0.3, 0.4) is 0 Å². The van der Waals surface area contributed by atoms with Crippen molar-refractivity contribution >= 4 is 29.9 Å². The van der Waals surface area contributed by atoms with Crippen LogP contribution < -0.4 is 15.4 Å². The van der Waals surface area contributed by atoms with Gasteiger partial charge in [-0.25, -0.2) is 0 Å². The zero-order valence-corrected chi connectivity index (χ0v) is 19.5. The number of aliphatic imine (C=N–C) groups is 1. The number of aryl methyl sites for hydroxylation is 2. The van der Waals surface area contributed by atoms with E-state index in [1.807, 2.05) is 12.1 Å². The third kappa shape index (κ3) is 8.90. The molecule has 0 saturated heterocycles. The lowest BCUT2D eigenvalue weighted by atomic mass is 10.2. The summed E-state index contributed by atoms with van der Waals surface area (Å²) in [5.74, 6) is 2.71. The fourth-order valence-corrected chi connectivity index (χ4v) is 2.53. The Morgan fingerprint density at radius 1 is 1.14 bits per heavy atom. The van der Waals surface area contributed by atoms with Gasteiger partial charge >= 0.3 is 0 Å². The van der Waals surface area contributed by atoms with Gasteiger partial charge in [0.2, 0.25) is 0 Å². The van der Waals surface area contributed by atoms with E-state index in [4.69, 9.17) is 4.74 Å². The highest BCUT2D eigenvalue weighted by molar-refractivity contribution is 14.0. The number of halogens is 1. The van der Waals surface area contributed by atoms with E-state index in [2.05, 4.69) is 63.3 Å². The number of benzene rings is 1. The summed E-state index contributed by atoms with van der Waals surface area (Å²) in [5, 5.41) is 14.8. The van der Waals surface area contributed by atoms with Gasteiger partial charge in [0.15, 0.2) is 5.96 Å². The average Bonchev–Trinajstić information content (AvgIpc) is 3.14. The molecule has 0 atom stereocenters. The molecule has 2 aromatic rings. The molecule has 7 nitrogen and oxygen atoms in total. The first-order chi connectivity index (χ1) is 13.2. The number of hydrogen-bond donors (Lipinski definition) is 2. The maximum Gasteiger partial charge on any atom is 0.191 e. The van der Waals surface area contributed by atoms with E-state index in [9.17, 15) is 0 Å². The van der Waals surface area contributed by atoms with Crippen LogP contribution in [0.15, 0.2) is 35.6 Å². The number of ether oxygens (including phenoxy) is 1. The van der Waals surface area contributed by atoms with Gasteiger partial charge in [0.25, 0.3) is 0 Å². The molecular formula is C20H33IN6O. The van der Waals surface area contributed by atoms with Crippen LogP contribution >= 0.6 is 24.0 Å². The van der Waals surface area contributed by atoms with Crippen molar-refractivity contribution in [2.45, 2.75) is 46.6 Å². The van der Waals surface area contributed by atoms with Crippen LogP contribution in [0.4, 0.5) is 0 Å². The van der Waals surface area contributed by atoms with Crippen molar-refractivity contribution in [3.8, 4) is 5.75 Å². The standard InChI is InChI=1S/C20H32N6O.HI/c1-4-6-11-21-20(22-12-14-26-16-24-25-19(26)5-2)23-13-15-27-18-9-7-17(3)8-10-18;/h7-10,16H,4-6,11-15H2,1-3H3,(H2,21,22,23);1H. The second kappa shape index (κ2) is 14.2. The number of nitrogens with one attached hydrogen (secondary N) is 2. The summed E-state index contributed by atoms with van der Waals surface area (Å²) in [4.78, 5) is 4.63. The predicted molar refractivity (Wildman–Crippen MR) is 125 cm³/mol. The van der Waals surface area contributed by atoms with Gasteiger partial charge in [-0.1, -0.05) is 38.0 Å². The van der Waals surface area contributed by atoms with E-state index >= 15 is 0 Å². The minimum absolute atomic E-state index is 0. The topological polar surface area (TPSA) is 76.4 Å². The van der Waals surface area contributed by atoms with E-state index in [-0.39, 0.29) is 24.0 Å². The van der Waals surface area contributed by atoms with E-state index in [1.54, 1.807) is 6.33 Å². The summed E-state index contributed by atoms with van der Waals surface area (Å²) >= 11 is 0. The molecule has 28 heavy (non-hydrogen) atoms. The van der Waals surface area contributed by atoms with Gasteiger partial charge in [0.1, 0.15) is 24.5 Å². The van der Waals surface area contributed by atoms with Crippen molar-refractivity contribution in [2.75, 3.05) is 26.2 Å². The summed E-state index contributed by atoms with van der Waals surface area (Å²) in [5.41, 5.74) is 1.23. The van der Waals surface area contributed by atoms with Crippen molar-refractivity contribution in [1.82, 2.24) is 25.4 Å². The highest BCUT2D eigenvalue weighted by Crippen LogP contribution is 2.10. The molecule has 0 saturated carbocycles. The Bertz CT molecular complexity index is 686. The third-order valence-electron chi connectivity index (χ3n) is 4.12. The predicted octanol–water partition coefficient (Wildman–Crippen LogP) is 3.18. The molecule has 0 bridgehead atoms. The van der Waals surface area contributed by atoms with Crippen LogP contribution in [0.1, 0.15) is 38.1 Å². The lowest BCUT2D eigenvalue weighted by Crippen LogP contribution is -2.41. The van der Waals surface area contributed by atoms with Crippen LogP contribution in [0, 0.1) is 6.92 Å². The summed E-state index contributed by atoms with van der Waals surface area (Å²) in [6, 6.07) is 8.09. The monoisotopic (exact) mass is 500 g/mol. The van der Waals surface area contributed by atoms with E-state index in [0.29, 0.717) is 13.2 Å². The molecule has 1 heterocycles. The fourth-order valence-electron chi connectivity index (χ4n) is 2.53. The first-order valence-electron chi connectivity index (χ1n) is 9.81. The fraction of sp³-hybridized carbons (Fsp3) is 0.550. The molecule has 0 aliphatic carbocycles. The van der Waals surface area contributed by atoms with Crippen LogP contribution in [0.5, 0.6) is 5.75 Å². The van der Waals surface area contributed by atoms with Crippen molar-refractivity contribution in [3.63, 3.8) is 0 Å². The molecule has 2 N–H and O–H groups in total. The first-order valence-corrected chi connectivity index (χ1v) is 9.81. The zero-order chi connectivity index (χ0) is 19.3. The smallest absolute Gasteiger partial charge is 0.191 e. The number of hydrogen-bond acceptors (Lipinski definition) is 4. The van der Waals surface area contributed by atoms with Gasteiger partial charge in [-0.05, 0) is 25.5 Å². The Morgan fingerprint density at radius 2 is 1.89 bits per heavy atom. The number of nitrogens with zero attached hydrogens (tertiary/aromatic N) is 4. The summed E-state index contributed by atoms with van der Waals surface area (Å²) < 4.78 is 7.83. The summed E-state index contributed by atoms with van der Waals surface area (Å²) in [6.45, 7) is 10.00. The lowest BCUT2D eigenvalue weighted by Gasteiger charge is -2.14. The molecule has 0 aliphatic heterocycles. The number of unbranched alkanes of at least 4 members (excludes halogenated alkanes) is 1. The highest BCUT2D eigenvalue weighted by atomic mass is 127. The van der Waals surface area contributed by atoms with Crippen LogP contribution in [0.25, 0.3) is 0 Å². The van der Waals surface area contributed by atoms with Gasteiger partial charge < -0.3 is 19.9 Å². The SMILES string of the molecule is CCCCN=C(NCCOc1ccc(C)cc1)NCCn1cnnc1CC.I. The second-order valence-electron chi connectivity index (χ2n) is 6.39. The van der Waals surface area contributed by atoms with Gasteiger partial charge in [0, 0.05) is 26.1 Å². The van der Waals surface area contributed by atoms with Gasteiger partial charge in [-0.3, -0.25) is 4.99 Å². The number of aromatic nitrogens is 3. The van der Waals surface area contributed by atoms with E-state index in [0.717, 1.165) is 56.4 Å². The lowest BCUT2D eigenvalue weighted by molar-refractivity contribution is 0.322. The molecule has 0 spiro atoms. The van der Waals surface area contributed by atoms with Crippen LogP contribution in [-0.2, 0) is 13.0 Å². The largest absolute Gasteiger partial charge is 0.492 e. The minimum atomic E-state index is 0. The van der Waals surface area contributed by atoms with Crippen molar-refractivity contribution < 1.29 is 4.74 Å². The van der Waals surface area contributed by atoms with Crippen molar-refractivity contribution in [3.05, 3.63) is 42.0 Å². The molecule has 1 aromatic carbocycles. The van der Waals surface area contributed by atoms with Gasteiger partial charge in [-0.2, -0.15) is 0 Å². The maximum absolute atomic E-state index is 5.76. The molecule has 8 heteroatoms. The van der Waals surface area contributed by atoms with Crippen LogP contribution in [0.2, 0.25) is 0 Å². The minimum Gasteiger partial charge on any atom is -0.492 e. The average molecular weight is 500 g/mol. The first kappa shape index (κ1) is 24.2. The molecule has 0 aliphatic rings. The van der Waals surface area contributed by atoms with Gasteiger partial charge in [-0.15, -0.1) is 34.2 Å². The normalized spacial score (nSPS) is 11.0. The van der Waals surface area contributed by atoms with Crippen molar-refractivity contribution in [2.24, 2.45) is 4.99 Å². The Hall–Kier alpha value is -1.84. The Morgan fingerprint density at radius 3 is 2.61 bits per heavy atom. The van der Waals surface area contributed by atoms with Crippen molar-refractivity contribution in [1.29, 1.82) is 0 Å². The number of rotatable bonds is 11. The number of guanidine groups is 1. The quantitative estimate of drug-likeness (QED) is 0.215. The summed E-state index contributed by atoms with van der Waals surface area (Å²) in [7, 11) is 0. The Labute approximate surface area is 185 Å². The Kier molecular flexibility index (Phi) is 12.3. The molecule has 1 aromatic heterocycles. The second-order valence-corrected chi connectivity index (χ2v) is 6.39. The zero-order valence-electron chi connectivity index (χ0n) is 17.1. The maximum atomic E-state index is 5.76. The highest BCUT2D eigenvalue weighted by Gasteiger charge is 2.03. The van der Waals surface area contributed by atoms with E-state index < -0.39 is 0 Å². The van der Waals surface area contributed by atoms with Crippen LogP contribution in [-0.4, -0.2) is 47.0 Å². The third-order valence-corrected chi connectivity index (χ3v) is 4.12. The Balaban J connectivity index is 0.00000392. The van der Waals surface area contributed by atoms with Gasteiger partial charge in [0.05, 0.1) is 6.54 Å². The summed E-state index contributed by atoms with van der Waals surface area (Å²) in [6.07, 6.45) is 4.87. The molecule has 2 rings (SSSR count). The molecule has 0 fully saturated rings. The molecule has 0 radical (unpaired) electrons.